The van der Waals surface area contributed by atoms with Gasteiger partial charge in [0.25, 0.3) is 0 Å². The number of nitrogens with zero attached hydrogens (tertiary/aromatic N) is 1. The van der Waals surface area contributed by atoms with Crippen molar-refractivity contribution < 1.29 is 14.2 Å². The second-order valence-corrected chi connectivity index (χ2v) is 6.05. The minimum absolute atomic E-state index is 0.262. The molecule has 20 heavy (non-hydrogen) atoms. The fourth-order valence-electron chi connectivity index (χ4n) is 3.03. The van der Waals surface area contributed by atoms with Gasteiger partial charge in [0.05, 0.1) is 18.8 Å². The Morgan fingerprint density at radius 3 is 2.75 bits per heavy atom. The average molecular weight is 298 g/mol. The normalized spacial score (nSPS) is 26.9. The van der Waals surface area contributed by atoms with Gasteiger partial charge < -0.3 is 14.2 Å². The maximum absolute atomic E-state index is 6.20. The quantitative estimate of drug-likeness (QED) is 0.840. The van der Waals surface area contributed by atoms with E-state index in [9.17, 15) is 0 Å². The van der Waals surface area contributed by atoms with Crippen LogP contribution in [-0.2, 0) is 22.6 Å². The molecule has 110 valence electrons. The van der Waals surface area contributed by atoms with Crippen LogP contribution in [0.1, 0.15) is 25.0 Å². The van der Waals surface area contributed by atoms with Gasteiger partial charge in [-0.05, 0) is 26.0 Å². The summed E-state index contributed by atoms with van der Waals surface area (Å²) in [5, 5.41) is 0.738. The zero-order valence-corrected chi connectivity index (χ0v) is 12.7. The first-order valence-electron chi connectivity index (χ1n) is 7.01. The Morgan fingerprint density at radius 1 is 1.25 bits per heavy atom. The maximum Gasteiger partial charge on any atom is 0.189 e. The smallest absolute Gasteiger partial charge is 0.189 e. The molecule has 0 saturated carbocycles. The molecule has 2 unspecified atom stereocenters. The van der Waals surface area contributed by atoms with Gasteiger partial charge in [-0.3, -0.25) is 4.90 Å². The topological polar surface area (TPSA) is 30.9 Å². The Balaban J connectivity index is 1.81. The molecule has 0 aliphatic carbocycles. The highest BCUT2D eigenvalue weighted by Gasteiger charge is 2.24. The van der Waals surface area contributed by atoms with Crippen molar-refractivity contribution in [3.05, 3.63) is 28.3 Å². The number of hydrogen-bond acceptors (Lipinski definition) is 4. The Hall–Kier alpha value is -0.810. The van der Waals surface area contributed by atoms with Crippen molar-refractivity contribution in [1.82, 2.24) is 4.90 Å². The minimum atomic E-state index is 0.262. The van der Waals surface area contributed by atoms with Crippen molar-refractivity contribution in [2.75, 3.05) is 19.9 Å². The molecule has 4 nitrogen and oxygen atoms in total. The molecule has 2 aliphatic heterocycles. The van der Waals surface area contributed by atoms with E-state index in [-0.39, 0.29) is 12.2 Å². The van der Waals surface area contributed by atoms with Gasteiger partial charge in [-0.2, -0.15) is 0 Å². The molecule has 2 aliphatic rings. The van der Waals surface area contributed by atoms with Crippen LogP contribution in [0, 0.1) is 0 Å². The number of hydrogen-bond donors (Lipinski definition) is 0. The lowest BCUT2D eigenvalue weighted by molar-refractivity contribution is -0.0711. The monoisotopic (exact) mass is 297 g/mol. The van der Waals surface area contributed by atoms with Gasteiger partial charge in [-0.1, -0.05) is 11.6 Å². The van der Waals surface area contributed by atoms with Crippen LogP contribution in [0.2, 0.25) is 5.02 Å². The lowest BCUT2D eigenvalue weighted by Crippen LogP contribution is -2.44. The first kappa shape index (κ1) is 14.1. The SMILES string of the molecule is CC1CN(Cc2cc(Cl)cc3c2OCOC3)CC(C)O1. The van der Waals surface area contributed by atoms with E-state index in [1.807, 2.05) is 12.1 Å². The van der Waals surface area contributed by atoms with Gasteiger partial charge in [0.15, 0.2) is 6.79 Å². The third-order valence-corrected chi connectivity index (χ3v) is 3.86. The van der Waals surface area contributed by atoms with E-state index in [1.165, 1.54) is 0 Å². The predicted molar refractivity (Wildman–Crippen MR) is 77.0 cm³/mol. The fraction of sp³-hybridized carbons (Fsp3) is 0.600. The largest absolute Gasteiger partial charge is 0.467 e. The van der Waals surface area contributed by atoms with Gasteiger partial charge in [-0.25, -0.2) is 0 Å². The van der Waals surface area contributed by atoms with Crippen molar-refractivity contribution in [2.45, 2.75) is 39.2 Å². The van der Waals surface area contributed by atoms with Crippen LogP contribution in [0.3, 0.4) is 0 Å². The molecule has 1 fully saturated rings. The highest BCUT2D eigenvalue weighted by Crippen LogP contribution is 2.32. The summed E-state index contributed by atoms with van der Waals surface area (Å²) in [6.45, 7) is 7.81. The van der Waals surface area contributed by atoms with E-state index in [4.69, 9.17) is 25.8 Å². The van der Waals surface area contributed by atoms with Crippen LogP contribution >= 0.6 is 11.6 Å². The van der Waals surface area contributed by atoms with E-state index in [2.05, 4.69) is 18.7 Å². The third kappa shape index (κ3) is 3.09. The third-order valence-electron chi connectivity index (χ3n) is 3.64. The summed E-state index contributed by atoms with van der Waals surface area (Å²) in [6.07, 6.45) is 0.524. The minimum Gasteiger partial charge on any atom is -0.467 e. The van der Waals surface area contributed by atoms with Crippen LogP contribution in [0.5, 0.6) is 5.75 Å². The van der Waals surface area contributed by atoms with E-state index >= 15 is 0 Å². The Kier molecular flexibility index (Phi) is 4.17. The van der Waals surface area contributed by atoms with Gasteiger partial charge >= 0.3 is 0 Å². The second kappa shape index (κ2) is 5.90. The molecule has 5 heteroatoms. The molecule has 0 N–H and O–H groups in total. The van der Waals surface area contributed by atoms with Crippen LogP contribution in [-0.4, -0.2) is 37.0 Å². The van der Waals surface area contributed by atoms with Crippen LogP contribution in [0.4, 0.5) is 0 Å². The van der Waals surface area contributed by atoms with Crippen LogP contribution in [0.15, 0.2) is 12.1 Å². The average Bonchev–Trinajstić information content (AvgIpc) is 2.37. The van der Waals surface area contributed by atoms with Gasteiger partial charge in [0.2, 0.25) is 0 Å². The molecular weight excluding hydrogens is 278 g/mol. The number of halogens is 1. The van der Waals surface area contributed by atoms with Gasteiger partial charge in [-0.15, -0.1) is 0 Å². The molecule has 2 heterocycles. The highest BCUT2D eigenvalue weighted by molar-refractivity contribution is 6.30. The molecule has 2 atom stereocenters. The zero-order chi connectivity index (χ0) is 14.1. The lowest BCUT2D eigenvalue weighted by atomic mass is 10.1. The van der Waals surface area contributed by atoms with Crippen molar-refractivity contribution >= 4 is 11.6 Å². The second-order valence-electron chi connectivity index (χ2n) is 5.62. The van der Waals surface area contributed by atoms with Crippen molar-refractivity contribution in [3.63, 3.8) is 0 Å². The highest BCUT2D eigenvalue weighted by atomic mass is 35.5. The fourth-order valence-corrected chi connectivity index (χ4v) is 3.29. The van der Waals surface area contributed by atoms with Crippen molar-refractivity contribution in [2.24, 2.45) is 0 Å². The first-order chi connectivity index (χ1) is 9.61. The molecule has 0 radical (unpaired) electrons. The number of rotatable bonds is 2. The molecule has 0 amide bonds. The Morgan fingerprint density at radius 2 is 2.00 bits per heavy atom. The number of benzene rings is 1. The van der Waals surface area contributed by atoms with E-state index in [1.54, 1.807) is 0 Å². The lowest BCUT2D eigenvalue weighted by Gasteiger charge is -2.35. The molecule has 1 aromatic carbocycles. The summed E-state index contributed by atoms with van der Waals surface area (Å²) in [5.74, 6) is 0.937. The van der Waals surface area contributed by atoms with E-state index in [0.29, 0.717) is 13.4 Å². The van der Waals surface area contributed by atoms with E-state index in [0.717, 1.165) is 41.5 Å². The van der Waals surface area contributed by atoms with Crippen LogP contribution in [0.25, 0.3) is 0 Å². The summed E-state index contributed by atoms with van der Waals surface area (Å²) < 4.78 is 16.8. The standard InChI is InChI=1S/C15H20ClNO3/c1-10-5-17(6-11(2)20-10)7-12-3-14(16)4-13-8-18-9-19-15(12)13/h3-4,10-11H,5-9H2,1-2H3. The van der Waals surface area contributed by atoms with Crippen molar-refractivity contribution in [3.8, 4) is 5.75 Å². The molecule has 0 bridgehead atoms. The number of fused-ring (bicyclic) bond motifs is 1. The molecule has 3 rings (SSSR count). The zero-order valence-electron chi connectivity index (χ0n) is 11.9. The summed E-state index contributed by atoms with van der Waals surface area (Å²) in [6, 6.07) is 3.92. The molecule has 0 aromatic heterocycles. The Bertz CT molecular complexity index is 484. The first-order valence-corrected chi connectivity index (χ1v) is 7.39. The molecule has 0 spiro atoms. The summed E-state index contributed by atoms with van der Waals surface area (Å²) in [7, 11) is 0. The number of morpholine rings is 1. The Labute approximate surface area is 124 Å². The van der Waals surface area contributed by atoms with Gasteiger partial charge in [0.1, 0.15) is 5.75 Å². The summed E-state index contributed by atoms with van der Waals surface area (Å²) in [4.78, 5) is 2.39. The van der Waals surface area contributed by atoms with Crippen molar-refractivity contribution in [1.29, 1.82) is 0 Å². The molecule has 1 aromatic rings. The van der Waals surface area contributed by atoms with E-state index < -0.39 is 0 Å². The summed E-state index contributed by atoms with van der Waals surface area (Å²) >= 11 is 6.20. The predicted octanol–water partition coefficient (Wildman–Crippen LogP) is 2.82. The van der Waals surface area contributed by atoms with Crippen LogP contribution < -0.4 is 4.74 Å². The van der Waals surface area contributed by atoms with Gasteiger partial charge in [0, 0.05) is 35.8 Å². The number of ether oxygens (including phenoxy) is 3. The molecule has 1 saturated heterocycles. The molecular formula is C15H20ClNO3. The summed E-state index contributed by atoms with van der Waals surface area (Å²) in [5.41, 5.74) is 2.17. The maximum atomic E-state index is 6.20.